The van der Waals surface area contributed by atoms with Gasteiger partial charge in [-0.1, -0.05) is 5.16 Å². The second-order valence-electron chi connectivity index (χ2n) is 4.08. The Kier molecular flexibility index (Phi) is 2.68. The zero-order valence-corrected chi connectivity index (χ0v) is 9.92. The van der Waals surface area contributed by atoms with Gasteiger partial charge in [-0.2, -0.15) is 0 Å². The van der Waals surface area contributed by atoms with E-state index in [4.69, 9.17) is 10.2 Å². The number of aromatic nitrogens is 1. The highest BCUT2D eigenvalue weighted by molar-refractivity contribution is 5.96. The summed E-state index contributed by atoms with van der Waals surface area (Å²) in [6.07, 6.45) is 1.45. The third-order valence-electron chi connectivity index (χ3n) is 2.69. The number of nitrogens with one attached hydrogen (secondary N) is 1. The van der Waals surface area contributed by atoms with Gasteiger partial charge in [-0.15, -0.1) is 0 Å². The third kappa shape index (κ3) is 2.28. The number of amides is 1. The van der Waals surface area contributed by atoms with E-state index in [0.717, 1.165) is 5.39 Å². The number of nitrogens with zero attached hydrogens (tertiary/aromatic N) is 1. The van der Waals surface area contributed by atoms with Crippen LogP contribution in [0.5, 0.6) is 0 Å². The fraction of sp³-hybridized carbons (Fsp3) is 0.0769. The molecule has 0 aliphatic rings. The van der Waals surface area contributed by atoms with Gasteiger partial charge in [0.05, 0.1) is 6.54 Å². The molecule has 2 aromatic heterocycles. The van der Waals surface area contributed by atoms with E-state index >= 15 is 0 Å². The van der Waals surface area contributed by atoms with Gasteiger partial charge < -0.3 is 20.0 Å². The summed E-state index contributed by atoms with van der Waals surface area (Å²) in [4.78, 5) is 11.9. The minimum atomic E-state index is -0.308. The molecule has 6 heteroatoms. The zero-order valence-electron chi connectivity index (χ0n) is 9.92. The number of nitrogen functional groups attached to an aromatic ring is 1. The van der Waals surface area contributed by atoms with Crippen molar-refractivity contribution in [3.63, 3.8) is 0 Å². The number of hydrogen-bond acceptors (Lipinski definition) is 5. The summed E-state index contributed by atoms with van der Waals surface area (Å²) in [5, 5.41) is 7.19. The van der Waals surface area contributed by atoms with E-state index in [1.165, 1.54) is 6.26 Å². The number of fused-ring (bicyclic) bond motifs is 1. The van der Waals surface area contributed by atoms with E-state index < -0.39 is 0 Å². The molecular weight excluding hydrogens is 246 g/mol. The Morgan fingerprint density at radius 2 is 2.21 bits per heavy atom. The molecule has 0 saturated heterocycles. The Morgan fingerprint density at radius 1 is 1.32 bits per heavy atom. The van der Waals surface area contributed by atoms with Crippen LogP contribution in [0, 0.1) is 0 Å². The summed E-state index contributed by atoms with van der Waals surface area (Å²) in [5.41, 5.74) is 7.57. The molecule has 0 bridgehead atoms. The number of carbonyl (C=O) groups is 1. The van der Waals surface area contributed by atoms with Crippen LogP contribution in [-0.2, 0) is 6.54 Å². The van der Waals surface area contributed by atoms with Gasteiger partial charge in [-0.25, -0.2) is 0 Å². The van der Waals surface area contributed by atoms with E-state index in [-0.39, 0.29) is 18.2 Å². The largest absolute Gasteiger partial charge is 0.451 e. The predicted molar refractivity (Wildman–Crippen MR) is 68.3 cm³/mol. The van der Waals surface area contributed by atoms with Gasteiger partial charge in [0.25, 0.3) is 5.91 Å². The average molecular weight is 257 g/mol. The normalized spacial score (nSPS) is 10.7. The van der Waals surface area contributed by atoms with Gasteiger partial charge in [0.1, 0.15) is 17.5 Å². The van der Waals surface area contributed by atoms with Gasteiger partial charge in [0, 0.05) is 17.1 Å². The zero-order chi connectivity index (χ0) is 13.2. The van der Waals surface area contributed by atoms with Gasteiger partial charge in [0.2, 0.25) is 0 Å². The minimum Gasteiger partial charge on any atom is -0.451 e. The van der Waals surface area contributed by atoms with Crippen LogP contribution in [0.15, 0.2) is 45.5 Å². The molecule has 19 heavy (non-hydrogen) atoms. The van der Waals surface area contributed by atoms with Crippen LogP contribution >= 0.6 is 0 Å². The molecule has 6 nitrogen and oxygen atoms in total. The Morgan fingerprint density at radius 3 is 3.00 bits per heavy atom. The molecule has 0 saturated carbocycles. The van der Waals surface area contributed by atoms with Crippen LogP contribution in [0.2, 0.25) is 0 Å². The van der Waals surface area contributed by atoms with Gasteiger partial charge in [-0.05, 0) is 24.3 Å². The number of carbonyl (C=O) groups excluding carboxylic acids is 1. The molecule has 3 N–H and O–H groups in total. The van der Waals surface area contributed by atoms with Crippen molar-refractivity contribution in [1.82, 2.24) is 10.5 Å². The number of anilines is 1. The summed E-state index contributed by atoms with van der Waals surface area (Å²) in [6, 6.07) is 8.55. The smallest absolute Gasteiger partial charge is 0.287 e. The summed E-state index contributed by atoms with van der Waals surface area (Å²) in [6.45, 7) is 0.286. The molecule has 3 aromatic rings. The molecule has 0 atom stereocenters. The highest BCUT2D eigenvalue weighted by atomic mass is 16.5. The maximum absolute atomic E-state index is 11.9. The van der Waals surface area contributed by atoms with E-state index in [1.54, 1.807) is 30.3 Å². The Bertz CT molecular complexity index is 716. The molecule has 2 heterocycles. The fourth-order valence-electron chi connectivity index (χ4n) is 1.76. The van der Waals surface area contributed by atoms with Crippen molar-refractivity contribution < 1.29 is 13.7 Å². The topological polar surface area (TPSA) is 94.3 Å². The molecule has 96 valence electrons. The highest BCUT2D eigenvalue weighted by Crippen LogP contribution is 2.21. The summed E-state index contributed by atoms with van der Waals surface area (Å²) >= 11 is 0. The molecule has 0 aliphatic carbocycles. The van der Waals surface area contributed by atoms with Crippen molar-refractivity contribution in [2.45, 2.75) is 6.54 Å². The lowest BCUT2D eigenvalue weighted by Crippen LogP contribution is -2.22. The summed E-state index contributed by atoms with van der Waals surface area (Å²) < 4.78 is 10.1. The molecule has 0 unspecified atom stereocenters. The average Bonchev–Trinajstić information content (AvgIpc) is 3.04. The number of rotatable bonds is 3. The number of hydrogen-bond donors (Lipinski definition) is 2. The third-order valence-corrected chi connectivity index (χ3v) is 2.69. The van der Waals surface area contributed by atoms with Crippen molar-refractivity contribution in [3.8, 4) is 0 Å². The van der Waals surface area contributed by atoms with Crippen molar-refractivity contribution in [1.29, 1.82) is 0 Å². The minimum absolute atomic E-state index is 0.240. The summed E-state index contributed by atoms with van der Waals surface area (Å²) in [5.74, 6) is -0.0677. The van der Waals surface area contributed by atoms with E-state index in [0.29, 0.717) is 17.0 Å². The number of furan rings is 1. The standard InChI is InChI=1S/C13H11N3O3/c14-9-1-2-11-8(5-9)6-12(19-11)13(17)15-7-10-3-4-18-16-10/h1-6H,7,14H2,(H,15,17). The van der Waals surface area contributed by atoms with Crippen molar-refractivity contribution in [2.24, 2.45) is 0 Å². The van der Waals surface area contributed by atoms with Crippen molar-refractivity contribution in [2.75, 3.05) is 5.73 Å². The second kappa shape index (κ2) is 4.49. The van der Waals surface area contributed by atoms with Gasteiger partial charge in [0.15, 0.2) is 5.76 Å². The maximum Gasteiger partial charge on any atom is 0.287 e. The summed E-state index contributed by atoms with van der Waals surface area (Å²) in [7, 11) is 0. The highest BCUT2D eigenvalue weighted by Gasteiger charge is 2.12. The van der Waals surface area contributed by atoms with Gasteiger partial charge in [-0.3, -0.25) is 4.79 Å². The first kappa shape index (κ1) is 11.3. The van der Waals surface area contributed by atoms with Crippen LogP contribution in [0.3, 0.4) is 0 Å². The lowest BCUT2D eigenvalue weighted by molar-refractivity contribution is 0.0924. The maximum atomic E-state index is 11.9. The molecule has 1 aromatic carbocycles. The molecule has 0 aliphatic heterocycles. The molecule has 3 rings (SSSR count). The first-order chi connectivity index (χ1) is 9.22. The van der Waals surface area contributed by atoms with E-state index in [2.05, 4.69) is 15.0 Å². The van der Waals surface area contributed by atoms with E-state index in [9.17, 15) is 4.79 Å². The molecule has 1 amide bonds. The van der Waals surface area contributed by atoms with Crippen LogP contribution in [0.25, 0.3) is 11.0 Å². The molecule has 0 radical (unpaired) electrons. The molecule has 0 spiro atoms. The van der Waals surface area contributed by atoms with Crippen molar-refractivity contribution >= 4 is 22.6 Å². The Labute approximate surface area is 108 Å². The first-order valence-electron chi connectivity index (χ1n) is 5.69. The Balaban J connectivity index is 1.77. The first-order valence-corrected chi connectivity index (χ1v) is 5.69. The van der Waals surface area contributed by atoms with Crippen LogP contribution < -0.4 is 11.1 Å². The van der Waals surface area contributed by atoms with Crippen molar-refractivity contribution in [3.05, 3.63) is 48.0 Å². The van der Waals surface area contributed by atoms with Crippen LogP contribution in [-0.4, -0.2) is 11.1 Å². The van der Waals surface area contributed by atoms with Gasteiger partial charge >= 0.3 is 0 Å². The molecular formula is C13H11N3O3. The van der Waals surface area contributed by atoms with E-state index in [1.807, 2.05) is 0 Å². The molecule has 0 fully saturated rings. The quantitative estimate of drug-likeness (QED) is 0.699. The SMILES string of the molecule is Nc1ccc2oc(C(=O)NCc3ccon3)cc2c1. The fourth-order valence-corrected chi connectivity index (χ4v) is 1.76. The second-order valence-corrected chi connectivity index (χ2v) is 4.08. The Hall–Kier alpha value is -2.76. The predicted octanol–water partition coefficient (Wildman–Crippen LogP) is 1.93. The lowest BCUT2D eigenvalue weighted by Gasteiger charge is -1.98. The monoisotopic (exact) mass is 257 g/mol. The number of nitrogens with two attached hydrogens (primary N) is 1. The number of benzene rings is 1. The van der Waals surface area contributed by atoms with Crippen LogP contribution in [0.1, 0.15) is 16.2 Å². The van der Waals surface area contributed by atoms with Crippen LogP contribution in [0.4, 0.5) is 5.69 Å². The lowest BCUT2D eigenvalue weighted by atomic mass is 10.2.